The van der Waals surface area contributed by atoms with Gasteiger partial charge >= 0.3 is 5.03 Å². The molecule has 0 bridgehead atoms. The van der Waals surface area contributed by atoms with Gasteiger partial charge in [0.25, 0.3) is 9.84 Å². The maximum absolute atomic E-state index is 12.6. The number of pyridine rings is 1. The number of hydrogen-bond acceptors (Lipinski definition) is 3. The van der Waals surface area contributed by atoms with Gasteiger partial charge in [-0.2, -0.15) is 4.73 Å². The molecule has 2 rings (SSSR count). The Bertz CT molecular complexity index is 693. The molecule has 0 aliphatic rings. The van der Waals surface area contributed by atoms with E-state index >= 15 is 0 Å². The topological polar surface area (TPSA) is 61.1 Å². The standard InChI is InChI=1S/C14H15NO3S/c1-11(2)12-7-3-4-8-13(12)19(17,18)14-9-5-6-10-15(14)16/h3-11H,1-2H3. The third kappa shape index (κ3) is 2.46. The summed E-state index contributed by atoms with van der Waals surface area (Å²) >= 11 is 0. The van der Waals surface area contributed by atoms with Crippen molar-refractivity contribution in [3.05, 3.63) is 59.4 Å². The minimum atomic E-state index is -3.79. The number of sulfone groups is 1. The number of nitrogens with zero attached hydrogens (tertiary/aromatic N) is 1. The second kappa shape index (κ2) is 5.01. The lowest BCUT2D eigenvalue weighted by Crippen LogP contribution is -2.33. The first-order valence-corrected chi connectivity index (χ1v) is 7.45. The van der Waals surface area contributed by atoms with Crippen LogP contribution in [0.5, 0.6) is 0 Å². The van der Waals surface area contributed by atoms with Crippen LogP contribution in [0.15, 0.2) is 58.6 Å². The van der Waals surface area contributed by atoms with Gasteiger partial charge in [-0.15, -0.1) is 0 Å². The van der Waals surface area contributed by atoms with Gasteiger partial charge in [0.05, 0.1) is 4.90 Å². The molecule has 0 saturated carbocycles. The lowest BCUT2D eigenvalue weighted by atomic mass is 10.0. The van der Waals surface area contributed by atoms with Crippen molar-refractivity contribution < 1.29 is 13.1 Å². The maximum atomic E-state index is 12.6. The maximum Gasteiger partial charge on any atom is 0.313 e. The van der Waals surface area contributed by atoms with Crippen molar-refractivity contribution >= 4 is 9.84 Å². The van der Waals surface area contributed by atoms with Crippen molar-refractivity contribution in [2.24, 2.45) is 0 Å². The molecule has 0 atom stereocenters. The van der Waals surface area contributed by atoms with Crippen molar-refractivity contribution in [3.63, 3.8) is 0 Å². The molecule has 2 aromatic rings. The molecule has 0 fully saturated rings. The smallest absolute Gasteiger partial charge is 0.313 e. The minimum absolute atomic E-state index is 0.0646. The van der Waals surface area contributed by atoms with Crippen LogP contribution in [-0.4, -0.2) is 8.42 Å². The number of hydrogen-bond donors (Lipinski definition) is 0. The molecular weight excluding hydrogens is 262 g/mol. The fraction of sp³-hybridized carbons (Fsp3) is 0.214. The van der Waals surface area contributed by atoms with Gasteiger partial charge in [-0.1, -0.05) is 32.0 Å². The summed E-state index contributed by atoms with van der Waals surface area (Å²) in [6.07, 6.45) is 1.19. The summed E-state index contributed by atoms with van der Waals surface area (Å²) in [7, 11) is -3.79. The molecule has 100 valence electrons. The Morgan fingerprint density at radius 2 is 1.68 bits per heavy atom. The zero-order chi connectivity index (χ0) is 14.0. The van der Waals surface area contributed by atoms with Crippen molar-refractivity contribution in [1.29, 1.82) is 0 Å². The first kappa shape index (κ1) is 13.5. The fourth-order valence-corrected chi connectivity index (χ4v) is 3.59. The summed E-state index contributed by atoms with van der Waals surface area (Å²) in [5.41, 5.74) is 0.714. The van der Waals surface area contributed by atoms with E-state index in [2.05, 4.69) is 0 Å². The Morgan fingerprint density at radius 1 is 1.05 bits per heavy atom. The van der Waals surface area contributed by atoms with Crippen molar-refractivity contribution in [1.82, 2.24) is 0 Å². The average molecular weight is 277 g/mol. The van der Waals surface area contributed by atoms with Crippen LogP contribution in [0.2, 0.25) is 0 Å². The molecule has 0 radical (unpaired) electrons. The van der Waals surface area contributed by atoms with E-state index in [9.17, 15) is 13.6 Å². The van der Waals surface area contributed by atoms with Gasteiger partial charge in [-0.3, -0.25) is 0 Å². The van der Waals surface area contributed by atoms with Gasteiger partial charge in [0.1, 0.15) is 0 Å². The van der Waals surface area contributed by atoms with Crippen LogP contribution in [-0.2, 0) is 9.84 Å². The van der Waals surface area contributed by atoms with Crippen molar-refractivity contribution in [2.75, 3.05) is 0 Å². The minimum Gasteiger partial charge on any atom is -0.618 e. The van der Waals surface area contributed by atoms with Gasteiger partial charge in [-0.25, -0.2) is 8.42 Å². The molecule has 0 aliphatic heterocycles. The van der Waals surface area contributed by atoms with E-state index in [-0.39, 0.29) is 15.8 Å². The number of benzene rings is 1. The molecule has 19 heavy (non-hydrogen) atoms. The van der Waals surface area contributed by atoms with Crippen LogP contribution in [0.25, 0.3) is 0 Å². The highest BCUT2D eigenvalue weighted by Crippen LogP contribution is 2.27. The Balaban J connectivity index is 2.68. The van der Waals surface area contributed by atoms with Crippen LogP contribution < -0.4 is 4.73 Å². The summed E-state index contributed by atoms with van der Waals surface area (Å²) in [5, 5.41) is 11.4. The third-order valence-electron chi connectivity index (χ3n) is 2.89. The van der Waals surface area contributed by atoms with E-state index in [0.29, 0.717) is 10.3 Å². The Hall–Kier alpha value is -1.88. The van der Waals surface area contributed by atoms with Crippen LogP contribution in [0.4, 0.5) is 0 Å². The van der Waals surface area contributed by atoms with Gasteiger partial charge in [0, 0.05) is 12.1 Å². The van der Waals surface area contributed by atoms with Gasteiger partial charge in [0.15, 0.2) is 6.20 Å². The normalized spacial score (nSPS) is 11.7. The Labute approximate surface area is 112 Å². The molecule has 4 nitrogen and oxygen atoms in total. The second-order valence-corrected chi connectivity index (χ2v) is 6.43. The largest absolute Gasteiger partial charge is 0.618 e. The Morgan fingerprint density at radius 3 is 2.32 bits per heavy atom. The highest BCUT2D eigenvalue weighted by atomic mass is 32.2. The monoisotopic (exact) mass is 277 g/mol. The zero-order valence-corrected chi connectivity index (χ0v) is 11.6. The lowest BCUT2D eigenvalue weighted by molar-refractivity contribution is -0.646. The molecule has 1 aromatic heterocycles. The predicted octanol–water partition coefficient (Wildman–Crippen LogP) is 2.28. The molecule has 1 aromatic carbocycles. The summed E-state index contributed by atoms with van der Waals surface area (Å²) in [5.74, 6) is 0.0646. The second-order valence-electron chi connectivity index (χ2n) is 4.56. The van der Waals surface area contributed by atoms with Crippen LogP contribution >= 0.6 is 0 Å². The third-order valence-corrected chi connectivity index (χ3v) is 4.71. The van der Waals surface area contributed by atoms with Gasteiger partial charge in [0.2, 0.25) is 0 Å². The van der Waals surface area contributed by atoms with E-state index in [1.165, 1.54) is 24.4 Å². The van der Waals surface area contributed by atoms with Crippen LogP contribution in [0.1, 0.15) is 25.3 Å². The van der Waals surface area contributed by atoms with E-state index in [0.717, 1.165) is 0 Å². The molecular formula is C14H15NO3S. The SMILES string of the molecule is CC(C)c1ccccc1S(=O)(=O)c1cccc[n+]1[O-]. The highest BCUT2D eigenvalue weighted by molar-refractivity contribution is 7.91. The molecule has 0 saturated heterocycles. The average Bonchev–Trinajstić information content (AvgIpc) is 2.39. The molecule has 0 N–H and O–H groups in total. The summed E-state index contributed by atoms with van der Waals surface area (Å²) in [6.45, 7) is 3.84. The molecule has 0 amide bonds. The predicted molar refractivity (Wildman–Crippen MR) is 71.4 cm³/mol. The highest BCUT2D eigenvalue weighted by Gasteiger charge is 2.28. The fourth-order valence-electron chi connectivity index (χ4n) is 1.94. The van der Waals surface area contributed by atoms with E-state index < -0.39 is 9.84 Å². The van der Waals surface area contributed by atoms with Gasteiger partial charge < -0.3 is 5.21 Å². The lowest BCUT2D eigenvalue weighted by Gasteiger charge is -2.12. The zero-order valence-electron chi connectivity index (χ0n) is 10.8. The quantitative estimate of drug-likeness (QED) is 0.638. The van der Waals surface area contributed by atoms with Crippen LogP contribution in [0.3, 0.4) is 0 Å². The summed E-state index contributed by atoms with van der Waals surface area (Å²) in [4.78, 5) is 0.195. The first-order chi connectivity index (χ1) is 8.94. The van der Waals surface area contributed by atoms with Crippen molar-refractivity contribution in [2.45, 2.75) is 29.7 Å². The molecule has 1 heterocycles. The number of rotatable bonds is 3. The number of aromatic nitrogens is 1. The first-order valence-electron chi connectivity index (χ1n) is 5.97. The summed E-state index contributed by atoms with van der Waals surface area (Å²) < 4.78 is 25.5. The molecule has 0 unspecified atom stereocenters. The van der Waals surface area contributed by atoms with Gasteiger partial charge in [-0.05, 0) is 23.6 Å². The summed E-state index contributed by atoms with van der Waals surface area (Å²) in [6, 6.07) is 11.1. The molecule has 0 spiro atoms. The van der Waals surface area contributed by atoms with E-state index in [1.807, 2.05) is 13.8 Å². The molecule has 5 heteroatoms. The van der Waals surface area contributed by atoms with E-state index in [4.69, 9.17) is 0 Å². The van der Waals surface area contributed by atoms with Crippen molar-refractivity contribution in [3.8, 4) is 0 Å². The van der Waals surface area contributed by atoms with E-state index in [1.54, 1.807) is 24.3 Å². The Kier molecular flexibility index (Phi) is 3.57. The van der Waals surface area contributed by atoms with Crippen LogP contribution in [0, 0.1) is 5.21 Å². The molecule has 0 aliphatic carbocycles.